The van der Waals surface area contributed by atoms with Gasteiger partial charge in [0.15, 0.2) is 0 Å². The Hall–Kier alpha value is -0.640. The summed E-state index contributed by atoms with van der Waals surface area (Å²) in [6.45, 7) is 1.96. The van der Waals surface area contributed by atoms with Gasteiger partial charge in [-0.3, -0.25) is 4.79 Å². The first-order chi connectivity index (χ1) is 5.65. The zero-order valence-corrected chi connectivity index (χ0v) is 7.99. The molecule has 3 nitrogen and oxygen atoms in total. The van der Waals surface area contributed by atoms with Crippen LogP contribution in [0.5, 0.6) is 0 Å². The van der Waals surface area contributed by atoms with Crippen molar-refractivity contribution in [2.75, 3.05) is 0 Å². The molecule has 68 valence electrons. The maximum absolute atomic E-state index is 11.3. The molecule has 0 saturated heterocycles. The fraction of sp³-hybridized carbons (Fsp3) is 0.750. The Morgan fingerprint density at radius 2 is 2.33 bits per heavy atom. The highest BCUT2D eigenvalue weighted by atomic mass is 32.1. The maximum Gasteiger partial charge on any atom is 0.223 e. The molecule has 1 atom stereocenters. The third-order valence-corrected chi connectivity index (χ3v) is 2.30. The van der Waals surface area contributed by atoms with Gasteiger partial charge in [-0.15, -0.1) is 0 Å². The monoisotopic (exact) mass is 186 g/mol. The number of thiocarbonyl (C=S) groups is 1. The summed E-state index contributed by atoms with van der Waals surface area (Å²) in [7, 11) is 0. The van der Waals surface area contributed by atoms with Gasteiger partial charge in [-0.05, 0) is 19.3 Å². The number of nitrogens with two attached hydrogens (primary N) is 1. The zero-order valence-electron chi connectivity index (χ0n) is 7.17. The van der Waals surface area contributed by atoms with Crippen molar-refractivity contribution in [1.82, 2.24) is 5.32 Å². The van der Waals surface area contributed by atoms with Crippen LogP contribution in [0.4, 0.5) is 0 Å². The van der Waals surface area contributed by atoms with Crippen LogP contribution in [0.3, 0.4) is 0 Å². The molecular weight excluding hydrogens is 172 g/mol. The summed E-state index contributed by atoms with van der Waals surface area (Å²) < 4.78 is 0. The molecule has 4 heteroatoms. The Morgan fingerprint density at radius 3 is 2.67 bits per heavy atom. The van der Waals surface area contributed by atoms with E-state index in [1.165, 1.54) is 0 Å². The van der Waals surface area contributed by atoms with Crippen molar-refractivity contribution < 1.29 is 4.79 Å². The highest BCUT2D eigenvalue weighted by molar-refractivity contribution is 7.80. The molecule has 0 aromatic carbocycles. The highest BCUT2D eigenvalue weighted by Gasteiger charge is 2.30. The Morgan fingerprint density at radius 1 is 1.75 bits per heavy atom. The summed E-state index contributed by atoms with van der Waals surface area (Å²) >= 11 is 4.80. The van der Waals surface area contributed by atoms with Crippen LogP contribution in [-0.4, -0.2) is 16.9 Å². The highest BCUT2D eigenvalue weighted by Crippen LogP contribution is 2.28. The molecule has 0 radical (unpaired) electrons. The topological polar surface area (TPSA) is 55.1 Å². The molecule has 1 aliphatic rings. The van der Waals surface area contributed by atoms with E-state index in [0.29, 0.717) is 4.99 Å². The van der Waals surface area contributed by atoms with Gasteiger partial charge in [0.2, 0.25) is 5.91 Å². The van der Waals surface area contributed by atoms with E-state index in [1.807, 2.05) is 6.92 Å². The number of rotatable bonds is 4. The van der Waals surface area contributed by atoms with Gasteiger partial charge < -0.3 is 11.1 Å². The number of hydrogen-bond acceptors (Lipinski definition) is 2. The predicted octanol–water partition coefficient (Wildman–Crippen LogP) is 0.577. The van der Waals surface area contributed by atoms with Gasteiger partial charge in [0, 0.05) is 5.92 Å². The van der Waals surface area contributed by atoms with Gasteiger partial charge in [0.05, 0.1) is 11.0 Å². The van der Waals surface area contributed by atoms with Gasteiger partial charge >= 0.3 is 0 Å². The van der Waals surface area contributed by atoms with Gasteiger partial charge in [0.25, 0.3) is 0 Å². The summed E-state index contributed by atoms with van der Waals surface area (Å²) in [6, 6.07) is -0.118. The van der Waals surface area contributed by atoms with Crippen LogP contribution < -0.4 is 11.1 Å². The minimum Gasteiger partial charge on any atom is -0.392 e. The molecule has 0 bridgehead atoms. The lowest BCUT2D eigenvalue weighted by Crippen LogP contribution is -2.43. The molecule has 1 aliphatic carbocycles. The van der Waals surface area contributed by atoms with Crippen LogP contribution in [-0.2, 0) is 4.79 Å². The third-order valence-electron chi connectivity index (χ3n) is 2.02. The van der Waals surface area contributed by atoms with E-state index < -0.39 is 0 Å². The van der Waals surface area contributed by atoms with Crippen LogP contribution in [0.1, 0.15) is 26.2 Å². The molecule has 12 heavy (non-hydrogen) atoms. The van der Waals surface area contributed by atoms with E-state index >= 15 is 0 Å². The molecule has 0 spiro atoms. The van der Waals surface area contributed by atoms with Crippen LogP contribution >= 0.6 is 12.2 Å². The Bertz CT molecular complexity index is 201. The normalized spacial score (nSPS) is 18.4. The first-order valence-corrected chi connectivity index (χ1v) is 4.65. The van der Waals surface area contributed by atoms with Crippen molar-refractivity contribution in [2.45, 2.75) is 32.2 Å². The number of hydrogen-bond donors (Lipinski definition) is 2. The average Bonchev–Trinajstić information content (AvgIpc) is 2.80. The van der Waals surface area contributed by atoms with Crippen LogP contribution in [0, 0.1) is 5.92 Å². The maximum atomic E-state index is 11.3. The van der Waals surface area contributed by atoms with Crippen molar-refractivity contribution >= 4 is 23.1 Å². The number of carbonyl (C=O) groups excluding carboxylic acids is 1. The second-order valence-corrected chi connectivity index (χ2v) is 3.62. The standard InChI is InChI=1S/C8H14N2OS/c1-2-6(7(9)12)10-8(11)5-3-4-5/h5-6H,2-4H2,1H3,(H2,9,12)(H,10,11). The summed E-state index contributed by atoms with van der Waals surface area (Å²) in [6.07, 6.45) is 2.80. The van der Waals surface area contributed by atoms with E-state index in [-0.39, 0.29) is 17.9 Å². The fourth-order valence-corrected chi connectivity index (χ4v) is 1.24. The lowest BCUT2D eigenvalue weighted by Gasteiger charge is -2.14. The second-order valence-electron chi connectivity index (χ2n) is 3.15. The van der Waals surface area contributed by atoms with E-state index in [9.17, 15) is 4.79 Å². The van der Waals surface area contributed by atoms with Gasteiger partial charge in [-0.25, -0.2) is 0 Å². The van der Waals surface area contributed by atoms with E-state index in [4.69, 9.17) is 18.0 Å². The molecule has 0 heterocycles. The first kappa shape index (κ1) is 9.45. The first-order valence-electron chi connectivity index (χ1n) is 4.24. The SMILES string of the molecule is CCC(NC(=O)C1CC1)C(N)=S. The summed E-state index contributed by atoms with van der Waals surface area (Å²) in [5.41, 5.74) is 5.43. The summed E-state index contributed by atoms with van der Waals surface area (Å²) in [5, 5.41) is 2.82. The number of carbonyl (C=O) groups is 1. The quantitative estimate of drug-likeness (QED) is 0.631. The lowest BCUT2D eigenvalue weighted by atomic mass is 10.2. The van der Waals surface area contributed by atoms with Crippen LogP contribution in [0.2, 0.25) is 0 Å². The molecule has 0 aliphatic heterocycles. The predicted molar refractivity (Wildman–Crippen MR) is 51.7 cm³/mol. The van der Waals surface area contributed by atoms with Crippen molar-refractivity contribution in [3.8, 4) is 0 Å². The number of nitrogens with one attached hydrogen (secondary N) is 1. The van der Waals surface area contributed by atoms with Crippen molar-refractivity contribution in [3.05, 3.63) is 0 Å². The third kappa shape index (κ3) is 2.44. The van der Waals surface area contributed by atoms with E-state index in [0.717, 1.165) is 19.3 Å². The van der Waals surface area contributed by atoms with Gasteiger partial charge in [-0.2, -0.15) is 0 Å². The molecule has 1 rings (SSSR count). The Kier molecular flexibility index (Phi) is 3.03. The van der Waals surface area contributed by atoms with Crippen LogP contribution in [0.25, 0.3) is 0 Å². The van der Waals surface area contributed by atoms with Gasteiger partial charge in [0.1, 0.15) is 0 Å². The largest absolute Gasteiger partial charge is 0.392 e. The smallest absolute Gasteiger partial charge is 0.223 e. The van der Waals surface area contributed by atoms with Crippen molar-refractivity contribution in [2.24, 2.45) is 11.7 Å². The molecule has 0 aromatic rings. The van der Waals surface area contributed by atoms with Gasteiger partial charge in [-0.1, -0.05) is 19.1 Å². The van der Waals surface area contributed by atoms with Crippen molar-refractivity contribution in [3.63, 3.8) is 0 Å². The molecule has 1 unspecified atom stereocenters. The number of amides is 1. The lowest BCUT2D eigenvalue weighted by molar-refractivity contribution is -0.122. The van der Waals surface area contributed by atoms with Crippen molar-refractivity contribution in [1.29, 1.82) is 0 Å². The molecule has 1 saturated carbocycles. The molecule has 0 aromatic heterocycles. The molecule has 3 N–H and O–H groups in total. The average molecular weight is 186 g/mol. The van der Waals surface area contributed by atoms with Crippen LogP contribution in [0.15, 0.2) is 0 Å². The summed E-state index contributed by atoms with van der Waals surface area (Å²) in [4.78, 5) is 11.6. The Labute approximate surface area is 77.7 Å². The zero-order chi connectivity index (χ0) is 9.14. The molecular formula is C8H14N2OS. The second kappa shape index (κ2) is 3.85. The van der Waals surface area contributed by atoms with E-state index in [2.05, 4.69) is 5.32 Å². The molecule has 1 amide bonds. The Balaban J connectivity index is 2.35. The minimum absolute atomic E-state index is 0.106. The van der Waals surface area contributed by atoms with E-state index in [1.54, 1.807) is 0 Å². The minimum atomic E-state index is -0.118. The molecule has 1 fully saturated rings. The summed E-state index contributed by atoms with van der Waals surface area (Å²) in [5.74, 6) is 0.336. The fourth-order valence-electron chi connectivity index (χ4n) is 1.01.